The smallest absolute Gasteiger partial charge is 0.195 e. The lowest BCUT2D eigenvalue weighted by Crippen LogP contribution is -2.18. The fourth-order valence-electron chi connectivity index (χ4n) is 1.39. The van der Waals surface area contributed by atoms with Gasteiger partial charge in [0.05, 0.1) is 5.56 Å². The standard InChI is InChI=1S/C11H10O2.C2H6/c1-2-8-7-13-10-6-4-3-5-9(10)11(8)12;1-2/h2-6H,7H2,1H3;1-2H3/b8-2+;. The van der Waals surface area contributed by atoms with Gasteiger partial charge in [-0.05, 0) is 19.1 Å². The lowest BCUT2D eigenvalue weighted by Gasteiger charge is -2.17. The minimum Gasteiger partial charge on any atom is -0.488 e. The van der Waals surface area contributed by atoms with Gasteiger partial charge in [0, 0.05) is 5.57 Å². The quantitative estimate of drug-likeness (QED) is 0.606. The van der Waals surface area contributed by atoms with Crippen LogP contribution in [0.5, 0.6) is 5.75 Å². The number of carbonyl (C=O) groups is 1. The molecule has 2 rings (SSSR count). The summed E-state index contributed by atoms with van der Waals surface area (Å²) in [6.45, 7) is 6.25. The summed E-state index contributed by atoms with van der Waals surface area (Å²) < 4.78 is 5.41. The molecule has 0 aliphatic carbocycles. The first-order valence-electron chi connectivity index (χ1n) is 5.24. The van der Waals surface area contributed by atoms with Gasteiger partial charge in [0.1, 0.15) is 12.4 Å². The maximum absolute atomic E-state index is 11.7. The highest BCUT2D eigenvalue weighted by atomic mass is 16.5. The van der Waals surface area contributed by atoms with Gasteiger partial charge in [-0.2, -0.15) is 0 Å². The van der Waals surface area contributed by atoms with E-state index in [4.69, 9.17) is 4.74 Å². The maximum atomic E-state index is 11.7. The molecule has 0 atom stereocenters. The monoisotopic (exact) mass is 204 g/mol. The van der Waals surface area contributed by atoms with Gasteiger partial charge >= 0.3 is 0 Å². The molecule has 2 nitrogen and oxygen atoms in total. The average Bonchev–Trinajstić information content (AvgIpc) is 2.33. The van der Waals surface area contributed by atoms with Crippen molar-refractivity contribution < 1.29 is 9.53 Å². The molecule has 1 aromatic rings. The van der Waals surface area contributed by atoms with Crippen LogP contribution in [-0.4, -0.2) is 12.4 Å². The van der Waals surface area contributed by atoms with Crippen molar-refractivity contribution >= 4 is 5.78 Å². The topological polar surface area (TPSA) is 26.3 Å². The highest BCUT2D eigenvalue weighted by Crippen LogP contribution is 2.26. The van der Waals surface area contributed by atoms with Crippen LogP contribution in [0.25, 0.3) is 0 Å². The Morgan fingerprint density at radius 1 is 1.27 bits per heavy atom. The average molecular weight is 204 g/mol. The van der Waals surface area contributed by atoms with Gasteiger partial charge in [-0.15, -0.1) is 0 Å². The lowest BCUT2D eigenvalue weighted by molar-refractivity contribution is 0.0999. The van der Waals surface area contributed by atoms with E-state index in [-0.39, 0.29) is 5.78 Å². The van der Waals surface area contributed by atoms with Gasteiger partial charge in [0.15, 0.2) is 5.78 Å². The van der Waals surface area contributed by atoms with Crippen LogP contribution in [0.3, 0.4) is 0 Å². The second-order valence-corrected chi connectivity index (χ2v) is 2.93. The van der Waals surface area contributed by atoms with Crippen LogP contribution in [0.1, 0.15) is 31.1 Å². The molecule has 1 aromatic carbocycles. The predicted octanol–water partition coefficient (Wildman–Crippen LogP) is 3.23. The van der Waals surface area contributed by atoms with Crippen molar-refractivity contribution in [2.75, 3.05) is 6.61 Å². The Labute approximate surface area is 90.6 Å². The van der Waals surface area contributed by atoms with Gasteiger partial charge in [-0.3, -0.25) is 4.79 Å². The zero-order valence-electron chi connectivity index (χ0n) is 9.41. The van der Waals surface area contributed by atoms with Crippen molar-refractivity contribution in [3.05, 3.63) is 41.5 Å². The maximum Gasteiger partial charge on any atom is 0.195 e. The van der Waals surface area contributed by atoms with E-state index in [0.29, 0.717) is 17.9 Å². The normalized spacial score (nSPS) is 16.2. The SMILES string of the molecule is C/C=C1\COc2ccccc2C1=O.CC. The third kappa shape index (κ3) is 2.27. The summed E-state index contributed by atoms with van der Waals surface area (Å²) >= 11 is 0. The number of allylic oxidation sites excluding steroid dienone is 1. The van der Waals surface area contributed by atoms with E-state index in [0.717, 1.165) is 5.57 Å². The molecule has 80 valence electrons. The zero-order chi connectivity index (χ0) is 11.3. The number of Topliss-reactive ketones (excluding diaryl/α,β-unsaturated/α-hetero) is 1. The Bertz CT molecular complexity index is 378. The molecule has 15 heavy (non-hydrogen) atoms. The number of rotatable bonds is 0. The van der Waals surface area contributed by atoms with Crippen LogP contribution in [0.4, 0.5) is 0 Å². The van der Waals surface area contributed by atoms with Crippen LogP contribution >= 0.6 is 0 Å². The molecular formula is C13H16O2. The second-order valence-electron chi connectivity index (χ2n) is 2.93. The van der Waals surface area contributed by atoms with Gasteiger partial charge in [0.2, 0.25) is 0 Å². The van der Waals surface area contributed by atoms with E-state index in [1.165, 1.54) is 0 Å². The summed E-state index contributed by atoms with van der Waals surface area (Å²) in [7, 11) is 0. The number of ether oxygens (including phenoxy) is 1. The molecule has 1 heterocycles. The van der Waals surface area contributed by atoms with Gasteiger partial charge in [-0.25, -0.2) is 0 Å². The zero-order valence-corrected chi connectivity index (χ0v) is 9.41. The van der Waals surface area contributed by atoms with Crippen LogP contribution in [-0.2, 0) is 0 Å². The Hall–Kier alpha value is -1.57. The molecule has 1 aliphatic rings. The van der Waals surface area contributed by atoms with Gasteiger partial charge in [0.25, 0.3) is 0 Å². The van der Waals surface area contributed by atoms with E-state index in [1.807, 2.05) is 39.0 Å². The number of fused-ring (bicyclic) bond motifs is 1. The summed E-state index contributed by atoms with van der Waals surface area (Å²) in [4.78, 5) is 11.7. The summed E-state index contributed by atoms with van der Waals surface area (Å²) in [5.41, 5.74) is 1.40. The number of ketones is 1. The van der Waals surface area contributed by atoms with Crippen molar-refractivity contribution in [3.63, 3.8) is 0 Å². The highest BCUT2D eigenvalue weighted by molar-refractivity contribution is 6.11. The molecule has 0 amide bonds. The Balaban J connectivity index is 0.000000531. The van der Waals surface area contributed by atoms with Crippen molar-refractivity contribution in [2.45, 2.75) is 20.8 Å². The van der Waals surface area contributed by atoms with Crippen molar-refractivity contribution in [3.8, 4) is 5.75 Å². The highest BCUT2D eigenvalue weighted by Gasteiger charge is 2.21. The van der Waals surface area contributed by atoms with E-state index in [1.54, 1.807) is 12.1 Å². The summed E-state index contributed by atoms with van der Waals surface area (Å²) in [5, 5.41) is 0. The molecule has 0 radical (unpaired) electrons. The Morgan fingerprint density at radius 2 is 1.93 bits per heavy atom. The fraction of sp³-hybridized carbons (Fsp3) is 0.308. The van der Waals surface area contributed by atoms with E-state index >= 15 is 0 Å². The largest absolute Gasteiger partial charge is 0.488 e. The third-order valence-corrected chi connectivity index (χ3v) is 2.15. The minimum atomic E-state index is 0.0874. The number of hydrogen-bond donors (Lipinski definition) is 0. The van der Waals surface area contributed by atoms with E-state index in [2.05, 4.69) is 0 Å². The fourth-order valence-corrected chi connectivity index (χ4v) is 1.39. The van der Waals surface area contributed by atoms with Gasteiger partial charge < -0.3 is 4.74 Å². The Morgan fingerprint density at radius 3 is 2.60 bits per heavy atom. The molecule has 0 N–H and O–H groups in total. The minimum absolute atomic E-state index is 0.0874. The number of carbonyl (C=O) groups excluding carboxylic acids is 1. The second kappa shape index (κ2) is 5.35. The third-order valence-electron chi connectivity index (χ3n) is 2.15. The van der Waals surface area contributed by atoms with Crippen LogP contribution in [0.2, 0.25) is 0 Å². The number of hydrogen-bond acceptors (Lipinski definition) is 2. The first kappa shape index (κ1) is 11.5. The molecule has 0 spiro atoms. The van der Waals surface area contributed by atoms with Crippen LogP contribution < -0.4 is 4.74 Å². The summed E-state index contributed by atoms with van der Waals surface area (Å²) in [6.07, 6.45) is 1.80. The molecule has 1 aliphatic heterocycles. The number of para-hydroxylation sites is 1. The lowest BCUT2D eigenvalue weighted by atomic mass is 10.0. The number of benzene rings is 1. The first-order chi connectivity index (χ1) is 7.33. The summed E-state index contributed by atoms with van der Waals surface area (Å²) in [5.74, 6) is 0.780. The molecule has 0 aromatic heterocycles. The van der Waals surface area contributed by atoms with Gasteiger partial charge in [-0.1, -0.05) is 32.1 Å². The molecule has 0 fully saturated rings. The van der Waals surface area contributed by atoms with Crippen LogP contribution in [0.15, 0.2) is 35.9 Å². The van der Waals surface area contributed by atoms with E-state index in [9.17, 15) is 4.79 Å². The van der Waals surface area contributed by atoms with Crippen molar-refractivity contribution in [1.82, 2.24) is 0 Å². The summed E-state index contributed by atoms with van der Waals surface area (Å²) in [6, 6.07) is 7.32. The predicted molar refractivity (Wildman–Crippen MR) is 61.4 cm³/mol. The molecule has 0 unspecified atom stereocenters. The first-order valence-corrected chi connectivity index (χ1v) is 5.24. The Kier molecular flexibility index (Phi) is 4.10. The van der Waals surface area contributed by atoms with Crippen molar-refractivity contribution in [1.29, 1.82) is 0 Å². The molecular weight excluding hydrogens is 188 g/mol. The molecule has 0 saturated carbocycles. The molecule has 2 heteroatoms. The van der Waals surface area contributed by atoms with E-state index < -0.39 is 0 Å². The molecule has 0 saturated heterocycles. The molecule has 0 bridgehead atoms. The van der Waals surface area contributed by atoms with Crippen LogP contribution in [0, 0.1) is 0 Å². The van der Waals surface area contributed by atoms with Crippen molar-refractivity contribution in [2.24, 2.45) is 0 Å².